The number of carbonyl (C=O) groups is 1. The van der Waals surface area contributed by atoms with Gasteiger partial charge in [-0.25, -0.2) is 4.79 Å². The van der Waals surface area contributed by atoms with Crippen molar-refractivity contribution in [2.45, 2.75) is 33.0 Å². The summed E-state index contributed by atoms with van der Waals surface area (Å²) in [6.07, 6.45) is -2.04. The smallest absolute Gasteiger partial charge is 0.355 e. The quantitative estimate of drug-likeness (QED) is 0.479. The first-order valence-electron chi connectivity index (χ1n) is 5.77. The minimum Gasteiger partial charge on any atom is -0.461 e. The Kier molecular flexibility index (Phi) is 5.25. The number of hydrogen-bond donors (Lipinski definition) is 4. The molecule has 0 saturated carbocycles. The largest absolute Gasteiger partial charge is 0.461 e. The zero-order chi connectivity index (χ0) is 13.9. The molecule has 1 rings (SSSR count). The fraction of sp³-hybridized carbons (Fsp3) is 0.583. The van der Waals surface area contributed by atoms with Crippen LogP contribution in [0.25, 0.3) is 0 Å². The summed E-state index contributed by atoms with van der Waals surface area (Å²) < 4.78 is 4.91. The van der Waals surface area contributed by atoms with Gasteiger partial charge in [0, 0.05) is 17.0 Å². The van der Waals surface area contributed by atoms with Gasteiger partial charge in [0.15, 0.2) is 0 Å². The summed E-state index contributed by atoms with van der Waals surface area (Å²) in [5.74, 6) is -0.322. The van der Waals surface area contributed by atoms with E-state index in [-0.39, 0.29) is 12.4 Å². The van der Waals surface area contributed by atoms with E-state index in [1.54, 1.807) is 20.8 Å². The summed E-state index contributed by atoms with van der Waals surface area (Å²) in [6, 6.07) is 0. The van der Waals surface area contributed by atoms with Crippen molar-refractivity contribution in [1.29, 1.82) is 0 Å². The van der Waals surface area contributed by atoms with Gasteiger partial charge in [-0.2, -0.15) is 12.6 Å². The number of nitrogens with one attached hydrogen (secondary N) is 1. The Balaban J connectivity index is 3.12. The Hall–Kier alpha value is -0.980. The molecule has 0 aromatic carbocycles. The lowest BCUT2D eigenvalue weighted by Crippen LogP contribution is -2.20. The van der Waals surface area contributed by atoms with Crippen molar-refractivity contribution >= 4 is 18.6 Å². The van der Waals surface area contributed by atoms with E-state index in [1.807, 2.05) is 0 Å². The maximum absolute atomic E-state index is 11.7. The minimum absolute atomic E-state index is 0.139. The lowest BCUT2D eigenvalue weighted by atomic mass is 10.0. The van der Waals surface area contributed by atoms with Gasteiger partial charge in [-0.15, -0.1) is 0 Å². The number of esters is 1. The van der Waals surface area contributed by atoms with Crippen LogP contribution in [-0.2, 0) is 4.74 Å². The van der Waals surface area contributed by atoms with Gasteiger partial charge in [0.25, 0.3) is 0 Å². The highest BCUT2D eigenvalue weighted by atomic mass is 32.1. The second kappa shape index (κ2) is 6.26. The zero-order valence-corrected chi connectivity index (χ0v) is 11.6. The molecule has 3 N–H and O–H groups in total. The molecule has 0 amide bonds. The molecule has 0 radical (unpaired) electrons. The van der Waals surface area contributed by atoms with Crippen molar-refractivity contribution in [3.05, 3.63) is 22.5 Å². The molecule has 0 aliphatic heterocycles. The number of ether oxygens (including phenoxy) is 1. The Morgan fingerprint density at radius 1 is 1.44 bits per heavy atom. The van der Waals surface area contributed by atoms with E-state index in [4.69, 9.17) is 4.74 Å². The normalized spacial score (nSPS) is 14.3. The van der Waals surface area contributed by atoms with Crippen LogP contribution in [0.4, 0.5) is 0 Å². The Bertz CT molecular complexity index is 430. The molecular formula is C12H19NO4S. The van der Waals surface area contributed by atoms with Gasteiger partial charge in [0.1, 0.15) is 11.8 Å². The van der Waals surface area contributed by atoms with Gasteiger partial charge in [0.05, 0.1) is 12.7 Å². The van der Waals surface area contributed by atoms with Crippen LogP contribution in [0.15, 0.2) is 0 Å². The van der Waals surface area contributed by atoms with Crippen molar-refractivity contribution in [2.75, 3.05) is 12.4 Å². The van der Waals surface area contributed by atoms with Crippen molar-refractivity contribution in [3.8, 4) is 0 Å². The summed E-state index contributed by atoms with van der Waals surface area (Å²) in [5.41, 5.74) is 2.08. The molecule has 0 aliphatic rings. The van der Waals surface area contributed by atoms with Gasteiger partial charge in [-0.3, -0.25) is 0 Å². The van der Waals surface area contributed by atoms with E-state index in [0.717, 1.165) is 0 Å². The van der Waals surface area contributed by atoms with E-state index in [9.17, 15) is 15.0 Å². The number of thiol groups is 1. The van der Waals surface area contributed by atoms with Crippen LogP contribution in [0.1, 0.15) is 40.3 Å². The first-order valence-corrected chi connectivity index (χ1v) is 6.40. The minimum atomic E-state index is -1.07. The molecule has 0 aliphatic carbocycles. The Labute approximate surface area is 112 Å². The van der Waals surface area contributed by atoms with Crippen LogP contribution < -0.4 is 0 Å². The van der Waals surface area contributed by atoms with Crippen LogP contribution in [0, 0.1) is 13.8 Å². The topological polar surface area (TPSA) is 82.6 Å². The third-order valence-electron chi connectivity index (χ3n) is 2.82. The van der Waals surface area contributed by atoms with Crippen molar-refractivity contribution < 1.29 is 19.7 Å². The third kappa shape index (κ3) is 2.88. The molecule has 0 saturated heterocycles. The van der Waals surface area contributed by atoms with Crippen LogP contribution >= 0.6 is 12.6 Å². The lowest BCUT2D eigenvalue weighted by Gasteiger charge is -2.17. The number of aliphatic hydroxyl groups excluding tert-OH is 2. The van der Waals surface area contributed by atoms with Gasteiger partial charge in [0.2, 0.25) is 0 Å². The molecule has 2 atom stereocenters. The van der Waals surface area contributed by atoms with Crippen LogP contribution in [0.2, 0.25) is 0 Å². The van der Waals surface area contributed by atoms with Gasteiger partial charge in [-0.05, 0) is 26.3 Å². The van der Waals surface area contributed by atoms with Gasteiger partial charge < -0.3 is 19.9 Å². The number of carbonyl (C=O) groups excluding carboxylic acids is 1. The maximum Gasteiger partial charge on any atom is 0.355 e. The average molecular weight is 273 g/mol. The van der Waals surface area contributed by atoms with E-state index < -0.39 is 18.2 Å². The molecule has 6 heteroatoms. The van der Waals surface area contributed by atoms with Crippen LogP contribution in [0.3, 0.4) is 0 Å². The predicted octanol–water partition coefficient (Wildman–Crippen LogP) is 1.13. The molecular weight excluding hydrogens is 254 g/mol. The molecule has 102 valence electrons. The number of aromatic amines is 1. The first-order chi connectivity index (χ1) is 8.43. The summed E-state index contributed by atoms with van der Waals surface area (Å²) in [7, 11) is 0. The number of aromatic nitrogens is 1. The first kappa shape index (κ1) is 15.1. The fourth-order valence-electron chi connectivity index (χ4n) is 1.91. The highest BCUT2D eigenvalue weighted by molar-refractivity contribution is 7.80. The molecule has 0 spiro atoms. The second-order valence-electron chi connectivity index (χ2n) is 4.08. The molecule has 0 bridgehead atoms. The van der Waals surface area contributed by atoms with Crippen molar-refractivity contribution in [2.24, 2.45) is 0 Å². The number of aliphatic hydroxyl groups is 2. The molecule has 1 aromatic heterocycles. The number of hydrogen-bond acceptors (Lipinski definition) is 5. The molecule has 1 aromatic rings. The Morgan fingerprint density at radius 3 is 2.56 bits per heavy atom. The Morgan fingerprint density at radius 2 is 2.06 bits per heavy atom. The zero-order valence-electron chi connectivity index (χ0n) is 10.7. The SMILES string of the molecule is CCOC(=O)c1[nH]c(C)c(C(O)C(O)CS)c1C. The van der Waals surface area contributed by atoms with E-state index in [1.165, 1.54) is 0 Å². The average Bonchev–Trinajstić information content (AvgIpc) is 2.63. The molecule has 18 heavy (non-hydrogen) atoms. The van der Waals surface area contributed by atoms with E-state index >= 15 is 0 Å². The molecule has 0 fully saturated rings. The number of rotatable bonds is 5. The molecule has 1 heterocycles. The highest BCUT2D eigenvalue weighted by Gasteiger charge is 2.26. The molecule has 2 unspecified atom stereocenters. The standard InChI is InChI=1S/C12H19NO4S/c1-4-17-12(16)10-6(2)9(7(3)13-10)11(15)8(14)5-18/h8,11,13-15,18H,4-5H2,1-3H3. The van der Waals surface area contributed by atoms with Crippen molar-refractivity contribution in [3.63, 3.8) is 0 Å². The van der Waals surface area contributed by atoms with Crippen molar-refractivity contribution in [1.82, 2.24) is 4.98 Å². The summed E-state index contributed by atoms with van der Waals surface area (Å²) >= 11 is 3.94. The van der Waals surface area contributed by atoms with Gasteiger partial charge >= 0.3 is 5.97 Å². The summed E-state index contributed by atoms with van der Waals surface area (Å²) in [6.45, 7) is 5.45. The number of H-pyrrole nitrogens is 1. The second-order valence-corrected chi connectivity index (χ2v) is 4.44. The van der Waals surface area contributed by atoms with E-state index in [2.05, 4.69) is 17.6 Å². The van der Waals surface area contributed by atoms with Crippen LogP contribution in [0.5, 0.6) is 0 Å². The van der Waals surface area contributed by atoms with Gasteiger partial charge in [-0.1, -0.05) is 0 Å². The predicted molar refractivity (Wildman–Crippen MR) is 71.0 cm³/mol. The van der Waals surface area contributed by atoms with Crippen LogP contribution in [-0.4, -0.2) is 39.6 Å². The summed E-state index contributed by atoms with van der Waals surface area (Å²) in [5, 5.41) is 19.6. The molecule has 5 nitrogen and oxygen atoms in total. The lowest BCUT2D eigenvalue weighted by molar-refractivity contribution is 0.0330. The summed E-state index contributed by atoms with van der Waals surface area (Å²) in [4.78, 5) is 14.6. The number of aryl methyl sites for hydroxylation is 1. The maximum atomic E-state index is 11.7. The fourth-order valence-corrected chi connectivity index (χ4v) is 2.11. The monoisotopic (exact) mass is 273 g/mol. The van der Waals surface area contributed by atoms with E-state index in [0.29, 0.717) is 22.5 Å². The highest BCUT2D eigenvalue weighted by Crippen LogP contribution is 2.27. The third-order valence-corrected chi connectivity index (χ3v) is 3.20.